The molecule has 126 valence electrons. The molecule has 0 bridgehead atoms. The largest absolute Gasteiger partial charge is 0.493 e. The number of nitrogens with one attached hydrogen (secondary N) is 1. The summed E-state index contributed by atoms with van der Waals surface area (Å²) < 4.78 is 10.4. The highest BCUT2D eigenvalue weighted by Crippen LogP contribution is 2.23. The topological polar surface area (TPSA) is 64.6 Å². The lowest BCUT2D eigenvalue weighted by molar-refractivity contribution is -0.119. The lowest BCUT2D eigenvalue weighted by Crippen LogP contribution is -2.21. The Kier molecular flexibility index (Phi) is 6.21. The van der Waals surface area contributed by atoms with Gasteiger partial charge in [0.2, 0.25) is 0 Å². The van der Waals surface area contributed by atoms with Gasteiger partial charge < -0.3 is 14.8 Å². The van der Waals surface area contributed by atoms with Crippen LogP contribution >= 0.6 is 11.6 Å². The minimum Gasteiger partial charge on any atom is -0.493 e. The highest BCUT2D eigenvalue weighted by atomic mass is 35.5. The number of ether oxygens (including phenoxy) is 2. The molecule has 0 radical (unpaired) electrons. The smallest absolute Gasteiger partial charge is 0.342 e. The maximum absolute atomic E-state index is 12.1. The van der Waals surface area contributed by atoms with Crippen molar-refractivity contribution in [3.05, 3.63) is 58.6 Å². The minimum atomic E-state index is -0.621. The van der Waals surface area contributed by atoms with Crippen molar-refractivity contribution in [2.24, 2.45) is 0 Å². The molecule has 0 aliphatic heterocycles. The van der Waals surface area contributed by atoms with Gasteiger partial charge in [0.25, 0.3) is 5.91 Å². The number of amides is 1. The number of hydrogen-bond acceptors (Lipinski definition) is 4. The molecule has 2 rings (SSSR count). The van der Waals surface area contributed by atoms with Crippen molar-refractivity contribution in [2.45, 2.75) is 13.8 Å². The Morgan fingerprint density at radius 3 is 2.62 bits per heavy atom. The van der Waals surface area contributed by atoms with Gasteiger partial charge in [0.1, 0.15) is 11.3 Å². The van der Waals surface area contributed by atoms with E-state index in [0.29, 0.717) is 23.1 Å². The van der Waals surface area contributed by atoms with Crippen LogP contribution in [0.5, 0.6) is 5.75 Å². The number of halogens is 1. The molecule has 0 aromatic heterocycles. The summed E-state index contributed by atoms with van der Waals surface area (Å²) >= 11 is 6.05. The monoisotopic (exact) mass is 347 g/mol. The fraction of sp³-hybridized carbons (Fsp3) is 0.222. The Labute approximate surface area is 145 Å². The van der Waals surface area contributed by atoms with Gasteiger partial charge in [-0.25, -0.2) is 4.79 Å². The van der Waals surface area contributed by atoms with Crippen LogP contribution in [-0.4, -0.2) is 25.1 Å². The molecule has 0 fully saturated rings. The van der Waals surface area contributed by atoms with Gasteiger partial charge in [-0.1, -0.05) is 29.8 Å². The van der Waals surface area contributed by atoms with E-state index in [2.05, 4.69) is 5.32 Å². The zero-order chi connectivity index (χ0) is 17.5. The second-order valence-corrected chi connectivity index (χ2v) is 5.44. The van der Waals surface area contributed by atoms with E-state index in [9.17, 15) is 9.59 Å². The maximum atomic E-state index is 12.1. The molecule has 5 nitrogen and oxygen atoms in total. The van der Waals surface area contributed by atoms with Crippen LogP contribution in [-0.2, 0) is 9.53 Å². The molecular formula is C18H18ClNO4. The Balaban J connectivity index is 1.95. The van der Waals surface area contributed by atoms with Crippen LogP contribution in [0.15, 0.2) is 42.5 Å². The summed E-state index contributed by atoms with van der Waals surface area (Å²) in [5.74, 6) is -0.667. The molecular weight excluding hydrogens is 330 g/mol. The van der Waals surface area contributed by atoms with Crippen LogP contribution < -0.4 is 10.1 Å². The molecule has 0 aliphatic rings. The molecule has 0 heterocycles. The highest BCUT2D eigenvalue weighted by molar-refractivity contribution is 6.33. The number of carbonyl (C=O) groups is 2. The average Bonchev–Trinajstić information content (AvgIpc) is 2.56. The first-order valence-electron chi connectivity index (χ1n) is 7.46. The van der Waals surface area contributed by atoms with E-state index in [0.717, 1.165) is 5.56 Å². The molecule has 1 amide bonds. The Morgan fingerprint density at radius 1 is 1.17 bits per heavy atom. The molecule has 0 saturated heterocycles. The molecule has 6 heteroatoms. The number of anilines is 1. The number of carbonyl (C=O) groups excluding carboxylic acids is 2. The Hall–Kier alpha value is -2.53. The van der Waals surface area contributed by atoms with Crippen LogP contribution in [0.1, 0.15) is 22.8 Å². The van der Waals surface area contributed by atoms with Gasteiger partial charge in [0.05, 0.1) is 17.3 Å². The first kappa shape index (κ1) is 17.8. The standard InChI is InChI=1S/C18H18ClNO4/c1-3-23-16-7-5-4-6-13(16)18(22)24-11-17(21)20-15-9-8-12(2)10-14(15)19/h4-10H,3,11H2,1-2H3,(H,20,21). The van der Waals surface area contributed by atoms with Crippen LogP contribution in [0.3, 0.4) is 0 Å². The van der Waals surface area contributed by atoms with Gasteiger partial charge in [0.15, 0.2) is 6.61 Å². The van der Waals surface area contributed by atoms with Gasteiger partial charge in [-0.05, 0) is 43.7 Å². The summed E-state index contributed by atoms with van der Waals surface area (Å²) in [4.78, 5) is 24.0. The van der Waals surface area contributed by atoms with Crippen molar-refractivity contribution in [1.82, 2.24) is 0 Å². The van der Waals surface area contributed by atoms with Gasteiger partial charge in [-0.3, -0.25) is 4.79 Å². The molecule has 24 heavy (non-hydrogen) atoms. The zero-order valence-corrected chi connectivity index (χ0v) is 14.2. The van der Waals surface area contributed by atoms with E-state index in [-0.39, 0.29) is 5.56 Å². The van der Waals surface area contributed by atoms with Gasteiger partial charge in [0, 0.05) is 0 Å². The van der Waals surface area contributed by atoms with Gasteiger partial charge in [-0.2, -0.15) is 0 Å². The zero-order valence-electron chi connectivity index (χ0n) is 13.5. The van der Waals surface area contributed by atoms with Crippen LogP contribution in [0.25, 0.3) is 0 Å². The third kappa shape index (κ3) is 4.73. The summed E-state index contributed by atoms with van der Waals surface area (Å²) in [5.41, 5.74) is 1.73. The molecule has 0 spiro atoms. The predicted octanol–water partition coefficient (Wildman–Crippen LogP) is 3.84. The van der Waals surface area contributed by atoms with Gasteiger partial charge >= 0.3 is 5.97 Å². The number of esters is 1. The predicted molar refractivity (Wildman–Crippen MR) is 92.7 cm³/mol. The first-order valence-corrected chi connectivity index (χ1v) is 7.84. The quantitative estimate of drug-likeness (QED) is 0.806. The highest BCUT2D eigenvalue weighted by Gasteiger charge is 2.15. The van der Waals surface area contributed by atoms with Crippen molar-refractivity contribution in [2.75, 3.05) is 18.5 Å². The molecule has 2 aromatic rings. The summed E-state index contributed by atoms with van der Waals surface area (Å²) in [5, 5.41) is 3.03. The van der Waals surface area contributed by atoms with E-state index in [1.165, 1.54) is 0 Å². The van der Waals surface area contributed by atoms with Crippen molar-refractivity contribution >= 4 is 29.2 Å². The molecule has 0 unspecified atom stereocenters. The van der Waals surface area contributed by atoms with Crippen LogP contribution in [0.4, 0.5) is 5.69 Å². The number of benzene rings is 2. The molecule has 0 aliphatic carbocycles. The third-order valence-electron chi connectivity index (χ3n) is 3.14. The number of rotatable bonds is 6. The van der Waals surface area contributed by atoms with Crippen LogP contribution in [0, 0.1) is 6.92 Å². The van der Waals surface area contributed by atoms with E-state index < -0.39 is 18.5 Å². The summed E-state index contributed by atoms with van der Waals surface area (Å²) in [6.45, 7) is 3.73. The van der Waals surface area contributed by atoms with Crippen molar-refractivity contribution in [3.8, 4) is 5.75 Å². The molecule has 1 N–H and O–H groups in total. The van der Waals surface area contributed by atoms with Crippen molar-refractivity contribution in [3.63, 3.8) is 0 Å². The van der Waals surface area contributed by atoms with Crippen molar-refractivity contribution in [1.29, 1.82) is 0 Å². The summed E-state index contributed by atoms with van der Waals surface area (Å²) in [6.07, 6.45) is 0. The molecule has 0 saturated carbocycles. The number of para-hydroxylation sites is 1. The molecule has 0 atom stereocenters. The lowest BCUT2D eigenvalue weighted by atomic mass is 10.2. The average molecular weight is 348 g/mol. The SMILES string of the molecule is CCOc1ccccc1C(=O)OCC(=O)Nc1ccc(C)cc1Cl. The second kappa shape index (κ2) is 8.36. The fourth-order valence-electron chi connectivity index (χ4n) is 2.03. The van der Waals surface area contributed by atoms with Crippen LogP contribution in [0.2, 0.25) is 5.02 Å². The normalized spacial score (nSPS) is 10.1. The minimum absolute atomic E-state index is 0.278. The molecule has 2 aromatic carbocycles. The Morgan fingerprint density at radius 2 is 1.92 bits per heavy atom. The lowest BCUT2D eigenvalue weighted by Gasteiger charge is -2.11. The van der Waals surface area contributed by atoms with E-state index in [1.54, 1.807) is 36.4 Å². The summed E-state index contributed by atoms with van der Waals surface area (Å²) in [7, 11) is 0. The third-order valence-corrected chi connectivity index (χ3v) is 3.45. The maximum Gasteiger partial charge on any atom is 0.342 e. The Bertz CT molecular complexity index is 746. The second-order valence-electron chi connectivity index (χ2n) is 5.04. The summed E-state index contributed by atoms with van der Waals surface area (Å²) in [6, 6.07) is 12.0. The number of aryl methyl sites for hydroxylation is 1. The van der Waals surface area contributed by atoms with E-state index in [4.69, 9.17) is 21.1 Å². The van der Waals surface area contributed by atoms with Crippen molar-refractivity contribution < 1.29 is 19.1 Å². The van der Waals surface area contributed by atoms with E-state index >= 15 is 0 Å². The number of hydrogen-bond donors (Lipinski definition) is 1. The fourth-order valence-corrected chi connectivity index (χ4v) is 2.32. The van der Waals surface area contributed by atoms with E-state index in [1.807, 2.05) is 19.9 Å². The first-order chi connectivity index (χ1) is 11.5. The van der Waals surface area contributed by atoms with Gasteiger partial charge in [-0.15, -0.1) is 0 Å².